The summed E-state index contributed by atoms with van der Waals surface area (Å²) in [6.45, 7) is 5.71. The Hall–Kier alpha value is -0.320. The van der Waals surface area contributed by atoms with Gasteiger partial charge in [0, 0.05) is 13.2 Å². The molecule has 1 unspecified atom stereocenters. The van der Waals surface area contributed by atoms with Gasteiger partial charge in [0.15, 0.2) is 0 Å². The number of hydrogen-bond acceptors (Lipinski definition) is 3. The summed E-state index contributed by atoms with van der Waals surface area (Å²) in [4.78, 5) is 11.4. The van der Waals surface area contributed by atoms with Crippen molar-refractivity contribution in [3.05, 3.63) is 0 Å². The van der Waals surface area contributed by atoms with Crippen LogP contribution in [0.15, 0.2) is 0 Å². The zero-order valence-electron chi connectivity index (χ0n) is 9.41. The summed E-state index contributed by atoms with van der Waals surface area (Å²) in [5.41, 5.74) is 4.87. The predicted molar refractivity (Wildman–Crippen MR) is 62.1 cm³/mol. The van der Waals surface area contributed by atoms with E-state index < -0.39 is 5.54 Å². The number of amides is 1. The molecule has 0 radical (unpaired) electrons. The van der Waals surface area contributed by atoms with Crippen LogP contribution < -0.4 is 11.1 Å². The Morgan fingerprint density at radius 3 is 2.73 bits per heavy atom. The van der Waals surface area contributed by atoms with Crippen LogP contribution in [0, 0.1) is 5.92 Å². The fourth-order valence-corrected chi connectivity index (χ4v) is 1.43. The lowest BCUT2D eigenvalue weighted by atomic mass is 10.0. The molecule has 1 atom stereocenters. The minimum absolute atomic E-state index is 0. The first-order valence-corrected chi connectivity index (χ1v) is 5.15. The SMILES string of the molecule is CC(C)(N)C(=O)NCC1CCCOC1.Cl. The van der Waals surface area contributed by atoms with Gasteiger partial charge < -0.3 is 15.8 Å². The number of carbonyl (C=O) groups is 1. The standard InChI is InChI=1S/C10H20N2O2.ClH/c1-10(2,11)9(13)12-6-8-4-3-5-14-7-8;/h8H,3-7,11H2,1-2H3,(H,12,13);1H. The molecule has 0 aromatic rings. The Bertz CT molecular complexity index is 198. The quantitative estimate of drug-likeness (QED) is 0.758. The van der Waals surface area contributed by atoms with E-state index in [-0.39, 0.29) is 18.3 Å². The van der Waals surface area contributed by atoms with Crippen molar-refractivity contribution in [1.82, 2.24) is 5.32 Å². The van der Waals surface area contributed by atoms with Gasteiger partial charge >= 0.3 is 0 Å². The molecule has 15 heavy (non-hydrogen) atoms. The van der Waals surface area contributed by atoms with E-state index in [9.17, 15) is 4.79 Å². The second kappa shape index (κ2) is 6.30. The molecule has 0 saturated carbocycles. The van der Waals surface area contributed by atoms with Crippen LogP contribution in [-0.4, -0.2) is 31.2 Å². The Morgan fingerprint density at radius 2 is 2.27 bits per heavy atom. The highest BCUT2D eigenvalue weighted by molar-refractivity contribution is 5.85. The lowest BCUT2D eigenvalue weighted by Gasteiger charge is -2.24. The van der Waals surface area contributed by atoms with E-state index in [0.717, 1.165) is 26.1 Å². The Morgan fingerprint density at radius 1 is 1.60 bits per heavy atom. The molecule has 1 aliphatic heterocycles. The number of carbonyl (C=O) groups excluding carboxylic acids is 1. The first kappa shape index (κ1) is 14.7. The van der Waals surface area contributed by atoms with Crippen LogP contribution in [0.25, 0.3) is 0 Å². The summed E-state index contributed by atoms with van der Waals surface area (Å²) in [7, 11) is 0. The van der Waals surface area contributed by atoms with Gasteiger partial charge in [0.05, 0.1) is 12.1 Å². The monoisotopic (exact) mass is 236 g/mol. The Labute approximate surface area is 97.3 Å². The third-order valence-corrected chi connectivity index (χ3v) is 2.39. The van der Waals surface area contributed by atoms with Gasteiger partial charge in [0.25, 0.3) is 0 Å². The third kappa shape index (κ3) is 5.35. The molecule has 0 aromatic heterocycles. The lowest BCUT2D eigenvalue weighted by Crippen LogP contribution is -2.50. The molecule has 5 heteroatoms. The lowest BCUT2D eigenvalue weighted by molar-refractivity contribution is -0.125. The highest BCUT2D eigenvalue weighted by atomic mass is 35.5. The second-order valence-corrected chi connectivity index (χ2v) is 4.51. The van der Waals surface area contributed by atoms with Gasteiger partial charge in [-0.15, -0.1) is 12.4 Å². The van der Waals surface area contributed by atoms with E-state index in [1.807, 2.05) is 0 Å². The smallest absolute Gasteiger partial charge is 0.239 e. The van der Waals surface area contributed by atoms with E-state index in [0.29, 0.717) is 12.5 Å². The topological polar surface area (TPSA) is 64.4 Å². The van der Waals surface area contributed by atoms with Gasteiger partial charge in [-0.05, 0) is 32.6 Å². The van der Waals surface area contributed by atoms with Crippen LogP contribution in [0.5, 0.6) is 0 Å². The molecule has 0 bridgehead atoms. The van der Waals surface area contributed by atoms with Crippen molar-refractivity contribution >= 4 is 18.3 Å². The molecule has 1 fully saturated rings. The summed E-state index contributed by atoms with van der Waals surface area (Å²) in [6, 6.07) is 0. The van der Waals surface area contributed by atoms with Crippen LogP contribution in [0.3, 0.4) is 0 Å². The Kier molecular flexibility index (Phi) is 6.17. The first-order chi connectivity index (χ1) is 6.50. The molecule has 0 spiro atoms. The Balaban J connectivity index is 0.00000196. The van der Waals surface area contributed by atoms with Gasteiger partial charge in [-0.3, -0.25) is 4.79 Å². The van der Waals surface area contributed by atoms with Crippen molar-refractivity contribution in [2.24, 2.45) is 11.7 Å². The summed E-state index contributed by atoms with van der Waals surface area (Å²) in [6.07, 6.45) is 2.22. The highest BCUT2D eigenvalue weighted by Crippen LogP contribution is 2.12. The molecule has 1 saturated heterocycles. The van der Waals surface area contributed by atoms with Crippen LogP contribution in [0.2, 0.25) is 0 Å². The fourth-order valence-electron chi connectivity index (χ4n) is 1.43. The number of rotatable bonds is 3. The molecule has 4 nitrogen and oxygen atoms in total. The van der Waals surface area contributed by atoms with E-state index in [4.69, 9.17) is 10.5 Å². The molecular formula is C10H21ClN2O2. The highest BCUT2D eigenvalue weighted by Gasteiger charge is 2.23. The van der Waals surface area contributed by atoms with Gasteiger partial charge in [-0.25, -0.2) is 0 Å². The largest absolute Gasteiger partial charge is 0.381 e. The number of nitrogens with two attached hydrogens (primary N) is 1. The number of hydrogen-bond donors (Lipinski definition) is 2. The average Bonchev–Trinajstić information content (AvgIpc) is 2.14. The van der Waals surface area contributed by atoms with Crippen molar-refractivity contribution in [2.45, 2.75) is 32.2 Å². The van der Waals surface area contributed by atoms with Crippen LogP contribution >= 0.6 is 12.4 Å². The fraction of sp³-hybridized carbons (Fsp3) is 0.900. The zero-order chi connectivity index (χ0) is 10.6. The minimum Gasteiger partial charge on any atom is -0.381 e. The van der Waals surface area contributed by atoms with E-state index >= 15 is 0 Å². The van der Waals surface area contributed by atoms with E-state index in [1.165, 1.54) is 0 Å². The zero-order valence-corrected chi connectivity index (χ0v) is 10.2. The molecule has 3 N–H and O–H groups in total. The maximum Gasteiger partial charge on any atom is 0.239 e. The molecule has 0 aliphatic carbocycles. The van der Waals surface area contributed by atoms with Crippen LogP contribution in [0.1, 0.15) is 26.7 Å². The van der Waals surface area contributed by atoms with Gasteiger partial charge in [0.1, 0.15) is 0 Å². The molecule has 1 aliphatic rings. The summed E-state index contributed by atoms with van der Waals surface area (Å²) in [5.74, 6) is 0.359. The van der Waals surface area contributed by atoms with Crippen molar-refractivity contribution in [3.63, 3.8) is 0 Å². The van der Waals surface area contributed by atoms with Crippen LogP contribution in [0.4, 0.5) is 0 Å². The third-order valence-electron chi connectivity index (χ3n) is 2.39. The summed E-state index contributed by atoms with van der Waals surface area (Å²) in [5, 5.41) is 2.85. The molecule has 90 valence electrons. The molecule has 1 amide bonds. The number of ether oxygens (including phenoxy) is 1. The maximum atomic E-state index is 11.4. The summed E-state index contributed by atoms with van der Waals surface area (Å²) < 4.78 is 5.32. The first-order valence-electron chi connectivity index (χ1n) is 5.15. The van der Waals surface area contributed by atoms with E-state index in [2.05, 4.69) is 5.32 Å². The normalized spacial score (nSPS) is 21.7. The van der Waals surface area contributed by atoms with Gasteiger partial charge in [-0.1, -0.05) is 0 Å². The maximum absolute atomic E-state index is 11.4. The van der Waals surface area contributed by atoms with Gasteiger partial charge in [0.2, 0.25) is 5.91 Å². The number of halogens is 1. The summed E-state index contributed by atoms with van der Waals surface area (Å²) >= 11 is 0. The van der Waals surface area contributed by atoms with Gasteiger partial charge in [-0.2, -0.15) is 0 Å². The van der Waals surface area contributed by atoms with Crippen molar-refractivity contribution in [2.75, 3.05) is 19.8 Å². The average molecular weight is 237 g/mol. The second-order valence-electron chi connectivity index (χ2n) is 4.51. The molecule has 1 rings (SSSR count). The molecule has 0 aromatic carbocycles. The van der Waals surface area contributed by atoms with Crippen molar-refractivity contribution in [3.8, 4) is 0 Å². The molecule has 1 heterocycles. The van der Waals surface area contributed by atoms with Crippen molar-refractivity contribution in [1.29, 1.82) is 0 Å². The van der Waals surface area contributed by atoms with E-state index in [1.54, 1.807) is 13.8 Å². The molecular weight excluding hydrogens is 216 g/mol. The minimum atomic E-state index is -0.782. The number of nitrogens with one attached hydrogen (secondary N) is 1. The van der Waals surface area contributed by atoms with Crippen molar-refractivity contribution < 1.29 is 9.53 Å². The predicted octanol–water partition coefficient (Wildman–Crippen LogP) is 0.688. The van der Waals surface area contributed by atoms with Crippen LogP contribution in [-0.2, 0) is 9.53 Å².